The van der Waals surface area contributed by atoms with Crippen molar-refractivity contribution in [3.63, 3.8) is 0 Å². The molecule has 1 fully saturated rings. The average Bonchev–Trinajstić information content (AvgIpc) is 2.86. The minimum Gasteiger partial charge on any atom is -0.357 e. The SMILES string of the molecule is CCNC(=NCCN1CCCS1(=O)=O)NCCc1cccc(Cl)c1.I. The predicted molar refractivity (Wildman–Crippen MR) is 115 cm³/mol. The molecule has 1 heterocycles. The zero-order valence-corrected chi connectivity index (χ0v) is 18.3. The van der Waals surface area contributed by atoms with E-state index in [1.165, 1.54) is 4.31 Å². The van der Waals surface area contributed by atoms with E-state index in [4.69, 9.17) is 11.6 Å². The quantitative estimate of drug-likeness (QED) is 0.342. The van der Waals surface area contributed by atoms with Crippen molar-refractivity contribution in [2.45, 2.75) is 19.8 Å². The van der Waals surface area contributed by atoms with Crippen LogP contribution < -0.4 is 10.6 Å². The molecule has 0 atom stereocenters. The Bertz CT molecular complexity index is 670. The second kappa shape index (κ2) is 11.2. The lowest BCUT2D eigenvalue weighted by atomic mass is 10.1. The summed E-state index contributed by atoms with van der Waals surface area (Å²) in [5.74, 6) is 0.963. The number of rotatable bonds is 7. The van der Waals surface area contributed by atoms with E-state index in [1.54, 1.807) is 0 Å². The van der Waals surface area contributed by atoms with Gasteiger partial charge < -0.3 is 10.6 Å². The first-order valence-electron chi connectivity index (χ1n) is 8.25. The lowest BCUT2D eigenvalue weighted by molar-refractivity contribution is 0.452. The molecule has 6 nitrogen and oxygen atoms in total. The van der Waals surface area contributed by atoms with Crippen LogP contribution in [0.1, 0.15) is 18.9 Å². The molecule has 0 saturated carbocycles. The van der Waals surface area contributed by atoms with E-state index in [0.29, 0.717) is 32.0 Å². The van der Waals surface area contributed by atoms with E-state index in [-0.39, 0.29) is 29.7 Å². The normalized spacial score (nSPS) is 17.1. The zero-order valence-electron chi connectivity index (χ0n) is 14.4. The number of halogens is 2. The molecule has 0 aromatic heterocycles. The molecule has 25 heavy (non-hydrogen) atoms. The molecule has 2 N–H and O–H groups in total. The Labute approximate surface area is 172 Å². The van der Waals surface area contributed by atoms with Gasteiger partial charge in [-0.2, -0.15) is 0 Å². The number of benzene rings is 1. The van der Waals surface area contributed by atoms with E-state index in [0.717, 1.165) is 30.1 Å². The molecular formula is C16H26ClIN4O2S. The fraction of sp³-hybridized carbons (Fsp3) is 0.562. The summed E-state index contributed by atoms with van der Waals surface area (Å²) >= 11 is 5.98. The summed E-state index contributed by atoms with van der Waals surface area (Å²) in [7, 11) is -3.04. The van der Waals surface area contributed by atoms with Crippen molar-refractivity contribution in [3.8, 4) is 0 Å². The van der Waals surface area contributed by atoms with Crippen LogP contribution in [-0.4, -0.2) is 57.2 Å². The van der Waals surface area contributed by atoms with E-state index < -0.39 is 10.0 Å². The van der Waals surface area contributed by atoms with Crippen molar-refractivity contribution in [3.05, 3.63) is 34.9 Å². The van der Waals surface area contributed by atoms with Crippen LogP contribution in [-0.2, 0) is 16.4 Å². The van der Waals surface area contributed by atoms with Crippen LogP contribution in [0.4, 0.5) is 0 Å². The molecule has 0 radical (unpaired) electrons. The minimum atomic E-state index is -3.04. The highest BCUT2D eigenvalue weighted by molar-refractivity contribution is 14.0. The minimum absolute atomic E-state index is 0. The Balaban J connectivity index is 0.00000312. The first kappa shape index (κ1) is 22.5. The molecule has 0 amide bonds. The third-order valence-corrected chi connectivity index (χ3v) is 5.95. The Morgan fingerprint density at radius 1 is 1.36 bits per heavy atom. The van der Waals surface area contributed by atoms with Crippen molar-refractivity contribution in [2.75, 3.05) is 38.5 Å². The van der Waals surface area contributed by atoms with Gasteiger partial charge in [0.05, 0.1) is 12.3 Å². The van der Waals surface area contributed by atoms with E-state index >= 15 is 0 Å². The molecule has 1 saturated heterocycles. The van der Waals surface area contributed by atoms with Crippen molar-refractivity contribution in [1.29, 1.82) is 0 Å². The predicted octanol–water partition coefficient (Wildman–Crippen LogP) is 2.09. The number of sulfonamides is 1. The summed E-state index contributed by atoms with van der Waals surface area (Å²) in [6.07, 6.45) is 1.55. The molecular weight excluding hydrogens is 475 g/mol. The van der Waals surface area contributed by atoms with Crippen molar-refractivity contribution < 1.29 is 8.42 Å². The highest BCUT2D eigenvalue weighted by Crippen LogP contribution is 2.12. The van der Waals surface area contributed by atoms with Gasteiger partial charge in [-0.3, -0.25) is 4.99 Å². The van der Waals surface area contributed by atoms with Gasteiger partial charge in [-0.05, 0) is 37.5 Å². The fourth-order valence-corrected chi connectivity index (χ4v) is 4.31. The van der Waals surface area contributed by atoms with Gasteiger partial charge in [0, 0.05) is 31.2 Å². The molecule has 1 aliphatic heterocycles. The summed E-state index contributed by atoms with van der Waals surface area (Å²) in [4.78, 5) is 4.45. The maximum atomic E-state index is 11.8. The van der Waals surface area contributed by atoms with Gasteiger partial charge in [0.1, 0.15) is 0 Å². The van der Waals surface area contributed by atoms with Crippen LogP contribution >= 0.6 is 35.6 Å². The van der Waals surface area contributed by atoms with E-state index in [9.17, 15) is 8.42 Å². The van der Waals surface area contributed by atoms with E-state index in [1.807, 2.05) is 31.2 Å². The van der Waals surface area contributed by atoms with Crippen molar-refractivity contribution in [2.24, 2.45) is 4.99 Å². The fourth-order valence-electron chi connectivity index (χ4n) is 2.58. The first-order chi connectivity index (χ1) is 11.5. The molecule has 2 rings (SSSR count). The van der Waals surface area contributed by atoms with Gasteiger partial charge in [-0.25, -0.2) is 12.7 Å². The van der Waals surface area contributed by atoms with Crippen LogP contribution in [0.2, 0.25) is 5.02 Å². The molecule has 1 aliphatic rings. The molecule has 0 aliphatic carbocycles. The summed E-state index contributed by atoms with van der Waals surface area (Å²) < 4.78 is 25.0. The maximum Gasteiger partial charge on any atom is 0.214 e. The van der Waals surface area contributed by atoms with Crippen molar-refractivity contribution in [1.82, 2.24) is 14.9 Å². The van der Waals surface area contributed by atoms with Crippen LogP contribution in [0.25, 0.3) is 0 Å². The van der Waals surface area contributed by atoms with Crippen LogP contribution in [0.5, 0.6) is 0 Å². The summed E-state index contributed by atoms with van der Waals surface area (Å²) in [6, 6.07) is 7.78. The topological polar surface area (TPSA) is 73.8 Å². The number of nitrogens with one attached hydrogen (secondary N) is 2. The number of nitrogens with zero attached hydrogens (tertiary/aromatic N) is 2. The van der Waals surface area contributed by atoms with Gasteiger partial charge in [0.15, 0.2) is 5.96 Å². The Morgan fingerprint density at radius 3 is 2.80 bits per heavy atom. The number of hydrogen-bond donors (Lipinski definition) is 2. The summed E-state index contributed by atoms with van der Waals surface area (Å²) in [5, 5.41) is 7.17. The first-order valence-corrected chi connectivity index (χ1v) is 10.2. The lowest BCUT2D eigenvalue weighted by Crippen LogP contribution is -2.39. The van der Waals surface area contributed by atoms with Crippen molar-refractivity contribution >= 4 is 51.6 Å². The third kappa shape index (κ3) is 7.67. The highest BCUT2D eigenvalue weighted by Gasteiger charge is 2.27. The molecule has 0 bridgehead atoms. The van der Waals surface area contributed by atoms with Gasteiger partial charge >= 0.3 is 0 Å². The summed E-state index contributed by atoms with van der Waals surface area (Å²) in [6.45, 7) is 4.98. The second-order valence-corrected chi connectivity index (χ2v) is 8.16. The molecule has 0 spiro atoms. The smallest absolute Gasteiger partial charge is 0.214 e. The van der Waals surface area contributed by atoms with Gasteiger partial charge in [-0.15, -0.1) is 24.0 Å². The average molecular weight is 501 g/mol. The maximum absolute atomic E-state index is 11.8. The van der Waals surface area contributed by atoms with Gasteiger partial charge in [0.2, 0.25) is 10.0 Å². The monoisotopic (exact) mass is 500 g/mol. The van der Waals surface area contributed by atoms with E-state index in [2.05, 4.69) is 15.6 Å². The standard InChI is InChI=1S/C16H25ClN4O2S.HI/c1-2-18-16(19-8-7-14-5-3-6-15(17)13-14)20-9-11-21-10-4-12-24(21,22)23;/h3,5-6,13H,2,4,7-12H2,1H3,(H2,18,19,20);1H. The highest BCUT2D eigenvalue weighted by atomic mass is 127. The van der Waals surface area contributed by atoms with Crippen LogP contribution in [0.3, 0.4) is 0 Å². The van der Waals surface area contributed by atoms with Crippen LogP contribution in [0, 0.1) is 0 Å². The Morgan fingerprint density at radius 2 is 2.16 bits per heavy atom. The second-order valence-electron chi connectivity index (χ2n) is 5.64. The van der Waals surface area contributed by atoms with Crippen LogP contribution in [0.15, 0.2) is 29.3 Å². The number of aliphatic imine (C=N–C) groups is 1. The molecule has 0 unspecified atom stereocenters. The number of guanidine groups is 1. The third-order valence-electron chi connectivity index (χ3n) is 3.76. The Kier molecular flexibility index (Phi) is 10.1. The molecule has 1 aromatic carbocycles. The van der Waals surface area contributed by atoms with Gasteiger partial charge in [-0.1, -0.05) is 23.7 Å². The van der Waals surface area contributed by atoms with Gasteiger partial charge in [0.25, 0.3) is 0 Å². The molecule has 9 heteroatoms. The lowest BCUT2D eigenvalue weighted by Gasteiger charge is -2.14. The zero-order chi connectivity index (χ0) is 17.4. The Hall–Kier alpha value is -0.580. The largest absolute Gasteiger partial charge is 0.357 e. The molecule has 142 valence electrons. The molecule has 1 aromatic rings. The number of hydrogen-bond acceptors (Lipinski definition) is 3. The summed E-state index contributed by atoms with van der Waals surface area (Å²) in [5.41, 5.74) is 1.16.